The topological polar surface area (TPSA) is 113 Å². The van der Waals surface area contributed by atoms with Gasteiger partial charge in [0.25, 0.3) is 0 Å². The maximum Gasteiger partial charge on any atom is 0.338 e. The number of aliphatic hydroxyl groups is 1. The Hall–Kier alpha value is -3.54. The highest BCUT2D eigenvalue weighted by Crippen LogP contribution is 2.29. The summed E-state index contributed by atoms with van der Waals surface area (Å²) in [6, 6.07) is 7.45. The first kappa shape index (κ1) is 20.7. The van der Waals surface area contributed by atoms with Crippen LogP contribution >= 0.6 is 0 Å². The smallest absolute Gasteiger partial charge is 0.338 e. The molecular formula is C23H23N5O3. The van der Waals surface area contributed by atoms with Crippen molar-refractivity contribution in [3.8, 4) is 11.9 Å². The van der Waals surface area contributed by atoms with Gasteiger partial charge in [0.05, 0.1) is 22.9 Å². The summed E-state index contributed by atoms with van der Waals surface area (Å²) in [7, 11) is 0. The van der Waals surface area contributed by atoms with Crippen LogP contribution in [0.15, 0.2) is 30.6 Å². The van der Waals surface area contributed by atoms with Gasteiger partial charge in [0.1, 0.15) is 12.7 Å². The molecule has 31 heavy (non-hydrogen) atoms. The monoisotopic (exact) mass is 417 g/mol. The Bertz CT molecular complexity index is 1210. The highest BCUT2D eigenvalue weighted by Gasteiger charge is 2.25. The number of nitrogens with zero attached hydrogens (tertiary/aromatic N) is 4. The summed E-state index contributed by atoms with van der Waals surface area (Å²) >= 11 is 0. The lowest BCUT2D eigenvalue weighted by atomic mass is 9.95. The molecule has 0 aliphatic carbocycles. The van der Waals surface area contributed by atoms with Crippen LogP contribution in [0, 0.1) is 32.1 Å². The molecule has 0 unspecified atom stereocenters. The number of ether oxygens (including phenoxy) is 1. The molecule has 0 fully saturated rings. The van der Waals surface area contributed by atoms with E-state index >= 15 is 0 Å². The van der Waals surface area contributed by atoms with Gasteiger partial charge >= 0.3 is 5.97 Å². The van der Waals surface area contributed by atoms with E-state index in [0.29, 0.717) is 30.0 Å². The summed E-state index contributed by atoms with van der Waals surface area (Å²) in [6.07, 6.45) is 2.74. The van der Waals surface area contributed by atoms with Crippen LogP contribution in [0.2, 0.25) is 0 Å². The van der Waals surface area contributed by atoms with E-state index in [9.17, 15) is 9.90 Å². The van der Waals surface area contributed by atoms with E-state index < -0.39 is 6.10 Å². The summed E-state index contributed by atoms with van der Waals surface area (Å²) in [5.41, 5.74) is 6.34. The molecule has 4 rings (SSSR count). The number of carbonyl (C=O) groups is 1. The molecule has 0 bridgehead atoms. The lowest BCUT2D eigenvalue weighted by Gasteiger charge is -2.16. The van der Waals surface area contributed by atoms with Crippen LogP contribution < -0.4 is 5.32 Å². The molecule has 1 aliphatic rings. The number of fused-ring (bicyclic) bond motifs is 1. The molecule has 0 amide bonds. The third kappa shape index (κ3) is 3.93. The van der Waals surface area contributed by atoms with Crippen molar-refractivity contribution in [1.82, 2.24) is 20.1 Å². The van der Waals surface area contributed by atoms with Gasteiger partial charge < -0.3 is 15.2 Å². The zero-order valence-corrected chi connectivity index (χ0v) is 17.6. The molecule has 8 nitrogen and oxygen atoms in total. The van der Waals surface area contributed by atoms with Gasteiger partial charge in [0.15, 0.2) is 5.82 Å². The van der Waals surface area contributed by atoms with Crippen molar-refractivity contribution >= 4 is 5.97 Å². The van der Waals surface area contributed by atoms with Gasteiger partial charge in [-0.2, -0.15) is 10.4 Å². The number of aliphatic hydroxyl groups excluding tert-OH is 1. The molecule has 2 aromatic heterocycles. The number of pyridine rings is 1. The Labute approximate surface area is 180 Å². The van der Waals surface area contributed by atoms with Gasteiger partial charge in [-0.25, -0.2) is 14.5 Å². The zero-order valence-electron chi connectivity index (χ0n) is 17.6. The lowest BCUT2D eigenvalue weighted by molar-refractivity contribution is 0.0535. The lowest BCUT2D eigenvalue weighted by Crippen LogP contribution is -2.22. The van der Waals surface area contributed by atoms with Crippen molar-refractivity contribution in [2.75, 3.05) is 6.54 Å². The van der Waals surface area contributed by atoms with Crippen molar-refractivity contribution in [2.24, 2.45) is 0 Å². The number of cyclic esters (lactones) is 1. The molecule has 1 atom stereocenters. The van der Waals surface area contributed by atoms with Gasteiger partial charge in [-0.15, -0.1) is 0 Å². The highest BCUT2D eigenvalue weighted by molar-refractivity contribution is 5.93. The van der Waals surface area contributed by atoms with Crippen LogP contribution in [-0.2, 0) is 17.9 Å². The third-order valence-electron chi connectivity index (χ3n) is 5.67. The van der Waals surface area contributed by atoms with Crippen molar-refractivity contribution in [2.45, 2.75) is 40.0 Å². The number of nitrogens with one attached hydrogen (secondary N) is 1. The molecule has 3 heterocycles. The number of aryl methyl sites for hydroxylation is 2. The fourth-order valence-corrected chi connectivity index (χ4v) is 3.75. The standard InChI is InChI=1S/C23H23N5O3/c1-13-6-22(26-9-16(13)7-24)28-11-17(15(3)27-28)8-25-10-21(29)18-4-5-19-20(14(18)2)12-31-23(19)30/h4-6,9,11,21,25,29H,8,10,12H2,1-3H3/t21-/m0/s1. The summed E-state index contributed by atoms with van der Waals surface area (Å²) in [5.74, 6) is 0.341. The molecule has 3 aromatic rings. The Morgan fingerprint density at radius 3 is 2.90 bits per heavy atom. The summed E-state index contributed by atoms with van der Waals surface area (Å²) in [4.78, 5) is 16.0. The molecule has 1 aliphatic heterocycles. The first-order valence-electron chi connectivity index (χ1n) is 9.99. The van der Waals surface area contributed by atoms with Gasteiger partial charge in [0.2, 0.25) is 0 Å². The van der Waals surface area contributed by atoms with Crippen molar-refractivity contribution in [1.29, 1.82) is 5.26 Å². The Balaban J connectivity index is 1.42. The van der Waals surface area contributed by atoms with Crippen LogP contribution in [0.25, 0.3) is 5.82 Å². The molecule has 0 radical (unpaired) electrons. The predicted molar refractivity (Wildman–Crippen MR) is 113 cm³/mol. The van der Waals surface area contributed by atoms with Crippen LogP contribution in [0.5, 0.6) is 0 Å². The zero-order chi connectivity index (χ0) is 22.1. The summed E-state index contributed by atoms with van der Waals surface area (Å²) < 4.78 is 6.78. The first-order chi connectivity index (χ1) is 14.9. The van der Waals surface area contributed by atoms with E-state index in [0.717, 1.165) is 33.5 Å². The minimum absolute atomic E-state index is 0.259. The summed E-state index contributed by atoms with van der Waals surface area (Å²) in [6.45, 7) is 6.83. The average Bonchev–Trinajstić information content (AvgIpc) is 3.31. The van der Waals surface area contributed by atoms with E-state index in [1.807, 2.05) is 33.0 Å². The van der Waals surface area contributed by atoms with E-state index in [-0.39, 0.29) is 12.6 Å². The molecule has 1 aromatic carbocycles. The van der Waals surface area contributed by atoms with Crippen LogP contribution in [0.4, 0.5) is 0 Å². The fourth-order valence-electron chi connectivity index (χ4n) is 3.75. The second-order valence-electron chi connectivity index (χ2n) is 7.68. The Morgan fingerprint density at radius 1 is 1.35 bits per heavy atom. The molecule has 0 spiro atoms. The largest absolute Gasteiger partial charge is 0.457 e. The number of rotatable bonds is 6. The fraction of sp³-hybridized carbons (Fsp3) is 0.304. The van der Waals surface area contributed by atoms with Gasteiger partial charge in [-0.05, 0) is 49.6 Å². The maximum atomic E-state index is 11.7. The van der Waals surface area contributed by atoms with E-state index in [2.05, 4.69) is 21.5 Å². The second-order valence-corrected chi connectivity index (χ2v) is 7.68. The van der Waals surface area contributed by atoms with Crippen LogP contribution in [0.3, 0.4) is 0 Å². The minimum atomic E-state index is -0.709. The highest BCUT2D eigenvalue weighted by atomic mass is 16.5. The third-order valence-corrected chi connectivity index (χ3v) is 5.67. The SMILES string of the molecule is Cc1cc(-n2cc(CNC[C@H](O)c3ccc4c(c3C)COC4=O)c(C)n2)ncc1C#N. The Morgan fingerprint density at radius 2 is 2.16 bits per heavy atom. The average molecular weight is 417 g/mol. The van der Waals surface area contributed by atoms with Gasteiger partial charge in [-0.3, -0.25) is 0 Å². The minimum Gasteiger partial charge on any atom is -0.457 e. The number of hydrogen-bond acceptors (Lipinski definition) is 7. The molecule has 0 saturated heterocycles. The quantitative estimate of drug-likeness (QED) is 0.593. The second kappa shape index (κ2) is 8.30. The molecule has 8 heteroatoms. The van der Waals surface area contributed by atoms with Crippen LogP contribution in [0.1, 0.15) is 55.5 Å². The summed E-state index contributed by atoms with van der Waals surface area (Å²) in [5, 5.41) is 27.5. The molecule has 158 valence electrons. The normalized spacial score (nSPS) is 13.6. The molecular weight excluding hydrogens is 394 g/mol. The van der Waals surface area contributed by atoms with E-state index in [4.69, 9.17) is 10.00 Å². The maximum absolute atomic E-state index is 11.7. The number of esters is 1. The van der Waals surface area contributed by atoms with E-state index in [1.165, 1.54) is 0 Å². The van der Waals surface area contributed by atoms with Crippen molar-refractivity contribution < 1.29 is 14.6 Å². The number of benzene rings is 1. The number of nitriles is 1. The van der Waals surface area contributed by atoms with Crippen molar-refractivity contribution in [3.05, 3.63) is 75.2 Å². The van der Waals surface area contributed by atoms with Crippen LogP contribution in [-0.4, -0.2) is 32.4 Å². The number of aromatic nitrogens is 3. The van der Waals surface area contributed by atoms with Crippen molar-refractivity contribution in [3.63, 3.8) is 0 Å². The van der Waals surface area contributed by atoms with Gasteiger partial charge in [0, 0.05) is 36.6 Å². The molecule has 2 N–H and O–H groups in total. The predicted octanol–water partition coefficient (Wildman–Crippen LogP) is 2.56. The first-order valence-corrected chi connectivity index (χ1v) is 9.99. The molecule has 0 saturated carbocycles. The van der Waals surface area contributed by atoms with E-state index in [1.54, 1.807) is 23.0 Å². The Kier molecular flexibility index (Phi) is 5.55. The number of hydrogen-bond donors (Lipinski definition) is 2. The van der Waals surface area contributed by atoms with Gasteiger partial charge in [-0.1, -0.05) is 6.07 Å². The number of carbonyl (C=O) groups excluding carboxylic acids is 1.